The van der Waals surface area contributed by atoms with Crippen LogP contribution in [0.15, 0.2) is 36.4 Å². The van der Waals surface area contributed by atoms with Gasteiger partial charge in [0, 0.05) is 0 Å². The minimum Gasteiger partial charge on any atom is -0.806 e. The van der Waals surface area contributed by atoms with Crippen molar-refractivity contribution in [3.63, 3.8) is 0 Å². The van der Waals surface area contributed by atoms with Gasteiger partial charge in [-0.3, -0.25) is 0 Å². The van der Waals surface area contributed by atoms with E-state index in [1.807, 2.05) is 0 Å². The van der Waals surface area contributed by atoms with Crippen molar-refractivity contribution >= 4 is 18.4 Å². The fourth-order valence-electron chi connectivity index (χ4n) is 1.79. The summed E-state index contributed by atoms with van der Waals surface area (Å²) in [6.45, 7) is 0. The van der Waals surface area contributed by atoms with Crippen molar-refractivity contribution in [3.05, 3.63) is 42.0 Å². The van der Waals surface area contributed by atoms with Crippen LogP contribution in [0.1, 0.15) is 11.3 Å². The summed E-state index contributed by atoms with van der Waals surface area (Å²) < 4.78 is 11.0. The molecule has 6 heteroatoms. The second-order valence-corrected chi connectivity index (χ2v) is 5.48. The SMILES string of the molecule is [NH3+][C@H](c1c(O)ccc2ccccc12)P(=O)([O-])[O-]. The maximum absolute atomic E-state index is 11.0. The third-order valence-electron chi connectivity index (χ3n) is 2.66. The van der Waals surface area contributed by atoms with E-state index in [-0.39, 0.29) is 11.3 Å². The average molecular weight is 252 g/mol. The molecule has 4 N–H and O–H groups in total. The second-order valence-electron chi connectivity index (χ2n) is 3.78. The molecule has 0 bridgehead atoms. The Morgan fingerprint density at radius 1 is 1.18 bits per heavy atom. The van der Waals surface area contributed by atoms with E-state index in [4.69, 9.17) is 0 Å². The third-order valence-corrected chi connectivity index (χ3v) is 3.68. The molecule has 0 unspecified atom stereocenters. The zero-order chi connectivity index (χ0) is 12.6. The Morgan fingerprint density at radius 3 is 2.47 bits per heavy atom. The van der Waals surface area contributed by atoms with Gasteiger partial charge in [0.15, 0.2) is 0 Å². The van der Waals surface area contributed by atoms with Crippen molar-refractivity contribution in [2.45, 2.75) is 5.78 Å². The Labute approximate surface area is 97.7 Å². The first-order valence-electron chi connectivity index (χ1n) is 4.96. The number of hydrogen-bond acceptors (Lipinski definition) is 4. The lowest BCUT2D eigenvalue weighted by Gasteiger charge is -2.33. The van der Waals surface area contributed by atoms with Crippen molar-refractivity contribution in [1.29, 1.82) is 0 Å². The number of phenols is 1. The molecule has 17 heavy (non-hydrogen) atoms. The molecule has 0 spiro atoms. The van der Waals surface area contributed by atoms with Gasteiger partial charge in [-0.25, -0.2) is 0 Å². The Morgan fingerprint density at radius 2 is 1.82 bits per heavy atom. The molecule has 1 atom stereocenters. The molecular weight excluding hydrogens is 241 g/mol. The van der Waals surface area contributed by atoms with E-state index < -0.39 is 13.4 Å². The summed E-state index contributed by atoms with van der Waals surface area (Å²) in [5, 5.41) is 11.0. The number of rotatable bonds is 2. The van der Waals surface area contributed by atoms with E-state index in [1.165, 1.54) is 6.07 Å². The molecule has 0 aliphatic heterocycles. The third kappa shape index (κ3) is 2.18. The van der Waals surface area contributed by atoms with Crippen LogP contribution >= 0.6 is 7.60 Å². The normalized spacial score (nSPS) is 13.8. The van der Waals surface area contributed by atoms with E-state index in [0.29, 0.717) is 5.39 Å². The number of phenolic OH excluding ortho intramolecular Hbond substituents is 1. The van der Waals surface area contributed by atoms with Gasteiger partial charge in [-0.05, 0) is 24.4 Å². The minimum atomic E-state index is -4.88. The number of hydrogen-bond donors (Lipinski definition) is 2. The van der Waals surface area contributed by atoms with Gasteiger partial charge in [-0.1, -0.05) is 30.3 Å². The first-order valence-corrected chi connectivity index (χ1v) is 6.58. The van der Waals surface area contributed by atoms with Crippen LogP contribution in [0.2, 0.25) is 0 Å². The molecule has 0 amide bonds. The average Bonchev–Trinajstić information content (AvgIpc) is 2.27. The summed E-state index contributed by atoms with van der Waals surface area (Å²) in [7, 11) is -4.88. The lowest BCUT2D eigenvalue weighted by atomic mass is 10.0. The largest absolute Gasteiger partial charge is 0.806 e. The van der Waals surface area contributed by atoms with Crippen molar-refractivity contribution in [1.82, 2.24) is 0 Å². The van der Waals surface area contributed by atoms with Gasteiger partial charge in [0.05, 0.1) is 5.56 Å². The van der Waals surface area contributed by atoms with E-state index in [9.17, 15) is 19.5 Å². The zero-order valence-corrected chi connectivity index (χ0v) is 9.76. The van der Waals surface area contributed by atoms with Gasteiger partial charge >= 0.3 is 0 Å². The Bertz CT molecular complexity index is 607. The van der Waals surface area contributed by atoms with Gasteiger partial charge in [0.2, 0.25) is 0 Å². The highest BCUT2D eigenvalue weighted by Crippen LogP contribution is 2.44. The van der Waals surface area contributed by atoms with Crippen molar-refractivity contribution in [3.8, 4) is 5.75 Å². The molecule has 0 radical (unpaired) electrons. The van der Waals surface area contributed by atoms with Crippen LogP contribution in [0.25, 0.3) is 10.8 Å². The molecule has 0 aliphatic rings. The quantitative estimate of drug-likeness (QED) is 0.714. The lowest BCUT2D eigenvalue weighted by Crippen LogP contribution is -2.56. The van der Waals surface area contributed by atoms with E-state index >= 15 is 0 Å². The monoisotopic (exact) mass is 252 g/mol. The molecule has 0 heterocycles. The highest BCUT2D eigenvalue weighted by Gasteiger charge is 2.20. The van der Waals surface area contributed by atoms with Crippen LogP contribution in [0.5, 0.6) is 5.75 Å². The lowest BCUT2D eigenvalue weighted by molar-refractivity contribution is -0.434. The fraction of sp³-hybridized carbons (Fsp3) is 0.0909. The highest BCUT2D eigenvalue weighted by molar-refractivity contribution is 7.48. The van der Waals surface area contributed by atoms with Crippen molar-refractivity contribution in [2.24, 2.45) is 0 Å². The number of aromatic hydroxyl groups is 1. The molecule has 0 saturated carbocycles. The topological polar surface area (TPSA) is 111 Å². The number of fused-ring (bicyclic) bond motifs is 1. The van der Waals surface area contributed by atoms with Crippen LogP contribution in [0.4, 0.5) is 0 Å². The molecule has 0 aliphatic carbocycles. The van der Waals surface area contributed by atoms with Gasteiger partial charge in [-0.15, -0.1) is 0 Å². The summed E-state index contributed by atoms with van der Waals surface area (Å²) in [4.78, 5) is 22.1. The standard InChI is InChI=1S/C11H12NO4P/c12-11(17(14,15)16)10-8-4-2-1-3-7(8)5-6-9(10)13/h1-6,11,13H,12H2,(H2,14,15,16)/p-1/t11-/m0/s1. The predicted octanol–water partition coefficient (Wildman–Crippen LogP) is -0.300. The Balaban J connectivity index is 2.75. The van der Waals surface area contributed by atoms with E-state index in [1.54, 1.807) is 30.3 Å². The van der Waals surface area contributed by atoms with Crippen molar-refractivity contribution < 1.29 is 25.2 Å². The molecule has 2 rings (SSSR count). The van der Waals surface area contributed by atoms with Gasteiger partial charge in [-0.2, -0.15) is 0 Å². The Kier molecular flexibility index (Phi) is 2.93. The van der Waals surface area contributed by atoms with Crippen LogP contribution in [-0.4, -0.2) is 5.11 Å². The van der Waals surface area contributed by atoms with Crippen LogP contribution in [0, 0.1) is 0 Å². The molecule has 0 aromatic heterocycles. The smallest absolute Gasteiger partial charge is 0.139 e. The molecule has 90 valence electrons. The van der Waals surface area contributed by atoms with Crippen molar-refractivity contribution in [2.75, 3.05) is 0 Å². The summed E-state index contributed by atoms with van der Waals surface area (Å²) in [6.07, 6.45) is 0. The van der Waals surface area contributed by atoms with E-state index in [2.05, 4.69) is 5.73 Å². The van der Waals surface area contributed by atoms with Gasteiger partial charge < -0.3 is 25.2 Å². The van der Waals surface area contributed by atoms with Crippen LogP contribution in [0.3, 0.4) is 0 Å². The molecule has 2 aromatic rings. The van der Waals surface area contributed by atoms with E-state index in [0.717, 1.165) is 5.39 Å². The summed E-state index contributed by atoms with van der Waals surface area (Å²) >= 11 is 0. The number of quaternary nitrogens is 1. The first kappa shape index (κ1) is 12.1. The highest BCUT2D eigenvalue weighted by atomic mass is 31.2. The number of benzene rings is 2. The van der Waals surface area contributed by atoms with Gasteiger partial charge in [0.25, 0.3) is 0 Å². The van der Waals surface area contributed by atoms with Crippen LogP contribution in [-0.2, 0) is 4.57 Å². The molecule has 0 saturated heterocycles. The first-order chi connectivity index (χ1) is 7.91. The molecule has 0 fully saturated rings. The Hall–Kier alpha value is -1.39. The van der Waals surface area contributed by atoms with Gasteiger partial charge in [0.1, 0.15) is 11.5 Å². The predicted molar refractivity (Wildman–Crippen MR) is 58.8 cm³/mol. The minimum absolute atomic E-state index is 0.0661. The summed E-state index contributed by atoms with van der Waals surface area (Å²) in [5.74, 6) is -1.72. The summed E-state index contributed by atoms with van der Waals surface area (Å²) in [5.41, 5.74) is 3.41. The molecular formula is C11H11NO4P-. The molecule has 5 nitrogen and oxygen atoms in total. The molecule has 2 aromatic carbocycles. The van der Waals surface area contributed by atoms with Crippen LogP contribution < -0.4 is 15.5 Å². The zero-order valence-electron chi connectivity index (χ0n) is 8.87. The summed E-state index contributed by atoms with van der Waals surface area (Å²) in [6, 6.07) is 9.93. The second kappa shape index (κ2) is 4.13. The maximum atomic E-state index is 11.0. The maximum Gasteiger partial charge on any atom is 0.139 e. The fourth-order valence-corrected chi connectivity index (χ4v) is 2.38.